The van der Waals surface area contributed by atoms with Crippen molar-refractivity contribution in [2.45, 2.75) is 20.8 Å². The number of fused-ring (bicyclic) bond motifs is 1. The third kappa shape index (κ3) is 2.21. The molecule has 2 aromatic heterocycles. The molecule has 4 aromatic rings. The number of hydrogen-bond donors (Lipinski definition) is 0. The first-order chi connectivity index (χ1) is 11.1. The van der Waals surface area contributed by atoms with Crippen molar-refractivity contribution in [3.63, 3.8) is 0 Å². The van der Waals surface area contributed by atoms with Gasteiger partial charge in [0.25, 0.3) is 0 Å². The van der Waals surface area contributed by atoms with Gasteiger partial charge >= 0.3 is 0 Å². The standard InChI is InChI=1S/C18H16N4O/c1-11-5-4-6-12(2)17(11)22-10-19-21-18(22)14-7-8-16-15(9-14)20-13(3)23-16/h4-10H,1-3H3. The smallest absolute Gasteiger partial charge is 0.192 e. The Balaban J connectivity index is 1.91. The van der Waals surface area contributed by atoms with E-state index in [-0.39, 0.29) is 0 Å². The molecule has 0 amide bonds. The van der Waals surface area contributed by atoms with E-state index in [0.29, 0.717) is 5.89 Å². The van der Waals surface area contributed by atoms with Crippen molar-refractivity contribution in [2.75, 3.05) is 0 Å². The Kier molecular flexibility index (Phi) is 3.01. The first-order valence-corrected chi connectivity index (χ1v) is 7.47. The maximum Gasteiger partial charge on any atom is 0.192 e. The Morgan fingerprint density at radius 1 is 1.00 bits per heavy atom. The van der Waals surface area contributed by atoms with Crippen molar-refractivity contribution >= 4 is 11.1 Å². The predicted octanol–water partition coefficient (Wildman–Crippen LogP) is 4.00. The molecule has 0 aliphatic heterocycles. The van der Waals surface area contributed by atoms with Gasteiger partial charge in [0.05, 0.1) is 5.69 Å². The summed E-state index contributed by atoms with van der Waals surface area (Å²) in [6, 6.07) is 12.1. The molecule has 5 nitrogen and oxygen atoms in total. The van der Waals surface area contributed by atoms with Gasteiger partial charge < -0.3 is 4.42 Å². The first kappa shape index (κ1) is 13.7. The zero-order chi connectivity index (χ0) is 16.0. The van der Waals surface area contributed by atoms with Crippen molar-refractivity contribution < 1.29 is 4.42 Å². The average Bonchev–Trinajstić information content (AvgIpc) is 3.11. The molecular weight excluding hydrogens is 288 g/mol. The van der Waals surface area contributed by atoms with Crippen LogP contribution in [0, 0.1) is 20.8 Å². The molecule has 0 radical (unpaired) electrons. The normalized spacial score (nSPS) is 11.3. The number of aryl methyl sites for hydroxylation is 3. The Morgan fingerprint density at radius 3 is 2.57 bits per heavy atom. The SMILES string of the molecule is Cc1nc2cc(-c3nncn3-c3c(C)cccc3C)ccc2o1. The van der Waals surface area contributed by atoms with Crippen molar-refractivity contribution in [1.82, 2.24) is 19.7 Å². The van der Waals surface area contributed by atoms with Gasteiger partial charge in [0.15, 0.2) is 17.3 Å². The van der Waals surface area contributed by atoms with Crippen LogP contribution >= 0.6 is 0 Å². The van der Waals surface area contributed by atoms with Crippen LogP contribution in [0.2, 0.25) is 0 Å². The summed E-state index contributed by atoms with van der Waals surface area (Å²) in [6.45, 7) is 6.03. The minimum Gasteiger partial charge on any atom is -0.441 e. The van der Waals surface area contributed by atoms with Crippen molar-refractivity contribution in [3.05, 3.63) is 59.7 Å². The van der Waals surface area contributed by atoms with Crippen LogP contribution in [-0.4, -0.2) is 19.7 Å². The Labute approximate surface area is 133 Å². The van der Waals surface area contributed by atoms with Crippen LogP contribution in [0.1, 0.15) is 17.0 Å². The van der Waals surface area contributed by atoms with Crippen LogP contribution in [0.15, 0.2) is 47.1 Å². The van der Waals surface area contributed by atoms with Gasteiger partial charge in [-0.25, -0.2) is 4.98 Å². The summed E-state index contributed by atoms with van der Waals surface area (Å²) < 4.78 is 7.57. The quantitative estimate of drug-likeness (QED) is 0.561. The van der Waals surface area contributed by atoms with Crippen molar-refractivity contribution in [1.29, 1.82) is 0 Å². The van der Waals surface area contributed by atoms with E-state index in [4.69, 9.17) is 4.42 Å². The zero-order valence-corrected chi connectivity index (χ0v) is 13.2. The molecule has 0 unspecified atom stereocenters. The summed E-state index contributed by atoms with van der Waals surface area (Å²) in [6.07, 6.45) is 1.75. The third-order valence-corrected chi connectivity index (χ3v) is 3.98. The van der Waals surface area contributed by atoms with Gasteiger partial charge in [-0.05, 0) is 43.2 Å². The fourth-order valence-electron chi connectivity index (χ4n) is 2.96. The lowest BCUT2D eigenvalue weighted by Crippen LogP contribution is -2.01. The zero-order valence-electron chi connectivity index (χ0n) is 13.2. The lowest BCUT2D eigenvalue weighted by atomic mass is 10.1. The molecule has 0 aliphatic rings. The predicted molar refractivity (Wildman–Crippen MR) is 88.6 cm³/mol. The summed E-state index contributed by atoms with van der Waals surface area (Å²) in [7, 11) is 0. The second-order valence-electron chi connectivity index (χ2n) is 5.68. The van der Waals surface area contributed by atoms with Crippen LogP contribution in [0.25, 0.3) is 28.2 Å². The molecule has 0 bridgehead atoms. The van der Waals surface area contributed by atoms with E-state index in [1.165, 1.54) is 11.1 Å². The molecule has 0 saturated carbocycles. The molecule has 5 heteroatoms. The van der Waals surface area contributed by atoms with Gasteiger partial charge in [-0.3, -0.25) is 4.57 Å². The molecular formula is C18H16N4O. The van der Waals surface area contributed by atoms with Gasteiger partial charge in [0.2, 0.25) is 0 Å². The summed E-state index contributed by atoms with van der Waals surface area (Å²) in [5, 5.41) is 8.42. The van der Waals surface area contributed by atoms with E-state index in [0.717, 1.165) is 28.2 Å². The number of rotatable bonds is 2. The molecule has 2 heterocycles. The van der Waals surface area contributed by atoms with E-state index in [9.17, 15) is 0 Å². The van der Waals surface area contributed by atoms with Crippen LogP contribution < -0.4 is 0 Å². The van der Waals surface area contributed by atoms with Gasteiger partial charge in [-0.2, -0.15) is 0 Å². The summed E-state index contributed by atoms with van der Waals surface area (Å²) in [5.74, 6) is 1.46. The molecule has 0 atom stereocenters. The highest BCUT2D eigenvalue weighted by atomic mass is 16.3. The highest BCUT2D eigenvalue weighted by Crippen LogP contribution is 2.27. The number of nitrogens with zero attached hydrogens (tertiary/aromatic N) is 4. The maximum atomic E-state index is 5.54. The molecule has 23 heavy (non-hydrogen) atoms. The lowest BCUT2D eigenvalue weighted by molar-refractivity contribution is 0.561. The van der Waals surface area contributed by atoms with E-state index in [2.05, 4.69) is 47.2 Å². The fourth-order valence-corrected chi connectivity index (χ4v) is 2.96. The molecule has 0 fully saturated rings. The van der Waals surface area contributed by atoms with E-state index in [1.807, 2.05) is 29.7 Å². The van der Waals surface area contributed by atoms with E-state index < -0.39 is 0 Å². The van der Waals surface area contributed by atoms with Crippen LogP contribution in [-0.2, 0) is 0 Å². The number of oxazole rings is 1. The molecule has 0 saturated heterocycles. The monoisotopic (exact) mass is 304 g/mol. The summed E-state index contributed by atoms with van der Waals surface area (Å²) in [4.78, 5) is 4.40. The van der Waals surface area contributed by atoms with Crippen LogP contribution in [0.5, 0.6) is 0 Å². The molecule has 0 aliphatic carbocycles. The van der Waals surface area contributed by atoms with Gasteiger partial charge in [-0.15, -0.1) is 10.2 Å². The summed E-state index contributed by atoms with van der Waals surface area (Å²) >= 11 is 0. The molecule has 4 rings (SSSR count). The average molecular weight is 304 g/mol. The van der Waals surface area contributed by atoms with Crippen molar-refractivity contribution in [3.8, 4) is 17.1 Å². The highest BCUT2D eigenvalue weighted by molar-refractivity contribution is 5.79. The van der Waals surface area contributed by atoms with Crippen LogP contribution in [0.3, 0.4) is 0 Å². The largest absolute Gasteiger partial charge is 0.441 e. The molecule has 2 aromatic carbocycles. The minimum absolute atomic E-state index is 0.661. The molecule has 114 valence electrons. The van der Waals surface area contributed by atoms with E-state index in [1.54, 1.807) is 6.33 Å². The van der Waals surface area contributed by atoms with Crippen molar-refractivity contribution in [2.24, 2.45) is 0 Å². The molecule has 0 N–H and O–H groups in total. The highest BCUT2D eigenvalue weighted by Gasteiger charge is 2.14. The first-order valence-electron chi connectivity index (χ1n) is 7.47. The fraction of sp³-hybridized carbons (Fsp3) is 0.167. The maximum absolute atomic E-state index is 5.54. The second-order valence-corrected chi connectivity index (χ2v) is 5.68. The Morgan fingerprint density at radius 2 is 1.78 bits per heavy atom. The van der Waals surface area contributed by atoms with Gasteiger partial charge in [-0.1, -0.05) is 18.2 Å². The van der Waals surface area contributed by atoms with Gasteiger partial charge in [0, 0.05) is 12.5 Å². The second kappa shape index (κ2) is 5.05. The number of hydrogen-bond acceptors (Lipinski definition) is 4. The summed E-state index contributed by atoms with van der Waals surface area (Å²) in [5.41, 5.74) is 6.06. The number of aromatic nitrogens is 4. The lowest BCUT2D eigenvalue weighted by Gasteiger charge is -2.12. The van der Waals surface area contributed by atoms with Crippen LogP contribution in [0.4, 0.5) is 0 Å². The Bertz CT molecular complexity index is 993. The number of benzene rings is 2. The topological polar surface area (TPSA) is 56.7 Å². The van der Waals surface area contributed by atoms with E-state index >= 15 is 0 Å². The number of para-hydroxylation sites is 1. The third-order valence-electron chi connectivity index (χ3n) is 3.98. The van der Waals surface area contributed by atoms with Gasteiger partial charge in [0.1, 0.15) is 11.8 Å². The Hall–Kier alpha value is -2.95. The molecule has 0 spiro atoms. The minimum atomic E-state index is 0.661.